The Balaban J connectivity index is 1.68. The number of rotatable bonds is 4. The number of fused-ring (bicyclic) bond motifs is 1. The summed E-state index contributed by atoms with van der Waals surface area (Å²) in [5.41, 5.74) is 0.830. The lowest BCUT2D eigenvalue weighted by molar-refractivity contribution is 0.336. The van der Waals surface area contributed by atoms with Crippen LogP contribution in [-0.2, 0) is 10.2 Å². The zero-order chi connectivity index (χ0) is 15.7. The van der Waals surface area contributed by atoms with Crippen molar-refractivity contribution in [2.75, 3.05) is 18.0 Å². The van der Waals surface area contributed by atoms with E-state index in [-0.39, 0.29) is 12.0 Å². The molecule has 9 heteroatoms. The van der Waals surface area contributed by atoms with Crippen molar-refractivity contribution in [3.63, 3.8) is 0 Å². The molecule has 1 aliphatic heterocycles. The summed E-state index contributed by atoms with van der Waals surface area (Å²) in [6.07, 6.45) is 5.19. The van der Waals surface area contributed by atoms with Crippen molar-refractivity contribution in [3.8, 4) is 0 Å². The van der Waals surface area contributed by atoms with E-state index in [9.17, 15) is 8.42 Å². The summed E-state index contributed by atoms with van der Waals surface area (Å²) in [7, 11) is -3.65. The van der Waals surface area contributed by atoms with Crippen LogP contribution in [0.25, 0.3) is 11.0 Å². The van der Waals surface area contributed by atoms with Crippen LogP contribution in [-0.4, -0.2) is 42.5 Å². The van der Waals surface area contributed by atoms with Gasteiger partial charge in [-0.15, -0.1) is 0 Å². The van der Waals surface area contributed by atoms with Gasteiger partial charge < -0.3 is 9.88 Å². The van der Waals surface area contributed by atoms with Gasteiger partial charge in [-0.3, -0.25) is 0 Å². The third-order valence-electron chi connectivity index (χ3n) is 4.23. The lowest BCUT2D eigenvalue weighted by Crippen LogP contribution is -2.46. The summed E-state index contributed by atoms with van der Waals surface area (Å²) in [5.74, 6) is 1.20. The molecule has 22 heavy (non-hydrogen) atoms. The number of anilines is 1. The zero-order valence-electron chi connectivity index (χ0n) is 12.4. The van der Waals surface area contributed by atoms with E-state index in [0.717, 1.165) is 42.8 Å². The molecule has 0 aliphatic carbocycles. The van der Waals surface area contributed by atoms with Crippen LogP contribution in [0.15, 0.2) is 18.6 Å². The van der Waals surface area contributed by atoms with Gasteiger partial charge in [0.2, 0.25) is 0 Å². The van der Waals surface area contributed by atoms with Gasteiger partial charge >= 0.3 is 0 Å². The van der Waals surface area contributed by atoms with Crippen LogP contribution in [0.5, 0.6) is 0 Å². The molecule has 1 fully saturated rings. The zero-order valence-corrected chi connectivity index (χ0v) is 13.2. The summed E-state index contributed by atoms with van der Waals surface area (Å²) in [5, 5.41) is 6.05. The average Bonchev–Trinajstić information content (AvgIpc) is 2.94. The predicted molar refractivity (Wildman–Crippen MR) is 84.5 cm³/mol. The van der Waals surface area contributed by atoms with E-state index in [2.05, 4.69) is 24.6 Å². The molecule has 8 nitrogen and oxygen atoms in total. The molecule has 4 N–H and O–H groups in total. The highest BCUT2D eigenvalue weighted by Crippen LogP contribution is 2.28. The molecule has 0 saturated carbocycles. The van der Waals surface area contributed by atoms with E-state index in [4.69, 9.17) is 5.14 Å². The van der Waals surface area contributed by atoms with Crippen LogP contribution in [0.3, 0.4) is 0 Å². The van der Waals surface area contributed by atoms with E-state index < -0.39 is 10.2 Å². The van der Waals surface area contributed by atoms with E-state index >= 15 is 0 Å². The van der Waals surface area contributed by atoms with Crippen LogP contribution in [0.2, 0.25) is 0 Å². The Morgan fingerprint density at radius 3 is 2.82 bits per heavy atom. The highest BCUT2D eigenvalue weighted by Gasteiger charge is 2.27. The Hall–Kier alpha value is -1.71. The first-order valence-electron chi connectivity index (χ1n) is 7.27. The molecule has 2 aromatic heterocycles. The Morgan fingerprint density at radius 2 is 2.14 bits per heavy atom. The lowest BCUT2D eigenvalue weighted by Gasteiger charge is -2.35. The van der Waals surface area contributed by atoms with Crippen LogP contribution in [0, 0.1) is 5.92 Å². The molecule has 2 aromatic rings. The quantitative estimate of drug-likeness (QED) is 0.750. The molecule has 1 aliphatic rings. The van der Waals surface area contributed by atoms with Crippen molar-refractivity contribution in [3.05, 3.63) is 18.6 Å². The topological polar surface area (TPSA) is 117 Å². The van der Waals surface area contributed by atoms with Gasteiger partial charge in [0.25, 0.3) is 10.2 Å². The molecule has 3 heterocycles. The van der Waals surface area contributed by atoms with Crippen molar-refractivity contribution < 1.29 is 8.42 Å². The minimum Gasteiger partial charge on any atom is -0.356 e. The number of H-pyrrole nitrogens is 1. The first-order chi connectivity index (χ1) is 10.4. The molecule has 1 saturated heterocycles. The second-order valence-electron chi connectivity index (χ2n) is 5.71. The summed E-state index contributed by atoms with van der Waals surface area (Å²) >= 11 is 0. The summed E-state index contributed by atoms with van der Waals surface area (Å²) in [4.78, 5) is 13.9. The van der Waals surface area contributed by atoms with Gasteiger partial charge in [0.05, 0.1) is 5.39 Å². The van der Waals surface area contributed by atoms with E-state index in [1.807, 2.05) is 19.2 Å². The maximum atomic E-state index is 11.1. The number of aromatic amines is 1. The largest absolute Gasteiger partial charge is 0.356 e. The number of hydrogen-bond acceptors (Lipinski definition) is 5. The number of nitrogens with zero attached hydrogens (tertiary/aromatic N) is 3. The molecule has 1 unspecified atom stereocenters. The Kier molecular flexibility index (Phi) is 4.02. The molecule has 0 aromatic carbocycles. The highest BCUT2D eigenvalue weighted by atomic mass is 32.2. The normalized spacial score (nSPS) is 18.7. The van der Waals surface area contributed by atoms with Crippen LogP contribution >= 0.6 is 0 Å². The second kappa shape index (κ2) is 5.82. The van der Waals surface area contributed by atoms with Gasteiger partial charge in [0.1, 0.15) is 17.8 Å². The number of piperidine rings is 1. The Morgan fingerprint density at radius 1 is 1.41 bits per heavy atom. The molecule has 1 atom stereocenters. The molecule has 120 valence electrons. The monoisotopic (exact) mass is 324 g/mol. The number of aromatic nitrogens is 3. The molecule has 3 rings (SSSR count). The van der Waals surface area contributed by atoms with E-state index in [1.165, 1.54) is 0 Å². The molecule has 0 spiro atoms. The van der Waals surface area contributed by atoms with E-state index in [1.54, 1.807) is 6.33 Å². The molecule has 0 amide bonds. The average molecular weight is 324 g/mol. The Labute approximate surface area is 129 Å². The Bertz CT molecular complexity index is 751. The van der Waals surface area contributed by atoms with Crippen molar-refractivity contribution in [2.45, 2.75) is 25.8 Å². The molecule has 0 bridgehead atoms. The minimum absolute atomic E-state index is 0.158. The smallest absolute Gasteiger partial charge is 0.274 e. The van der Waals surface area contributed by atoms with Gasteiger partial charge in [-0.05, 0) is 31.7 Å². The van der Waals surface area contributed by atoms with Gasteiger partial charge in [0, 0.05) is 25.3 Å². The van der Waals surface area contributed by atoms with Crippen LogP contribution < -0.4 is 14.8 Å². The fourth-order valence-corrected chi connectivity index (χ4v) is 3.79. The van der Waals surface area contributed by atoms with Crippen molar-refractivity contribution in [1.29, 1.82) is 0 Å². The molecular formula is C13H20N6O2S. The third-order valence-corrected chi connectivity index (χ3v) is 4.93. The number of nitrogens with two attached hydrogens (primary N) is 1. The first-order valence-corrected chi connectivity index (χ1v) is 8.82. The molecule has 0 radical (unpaired) electrons. The highest BCUT2D eigenvalue weighted by molar-refractivity contribution is 7.87. The molecular weight excluding hydrogens is 304 g/mol. The fourth-order valence-electron chi connectivity index (χ4n) is 3.08. The number of nitrogens with one attached hydrogen (secondary N) is 2. The summed E-state index contributed by atoms with van der Waals surface area (Å²) < 4.78 is 24.7. The van der Waals surface area contributed by atoms with Gasteiger partial charge in [-0.2, -0.15) is 13.1 Å². The standard InChI is InChI=1S/C13H20N6O2S/c1-9(18-22(14,20)21)10-3-6-19(7-4-10)13-11-2-5-15-12(11)16-8-17-13/h2,5,8-10,18H,3-4,6-7H2,1H3,(H2,14,20,21)(H,15,16,17). The van der Waals surface area contributed by atoms with Gasteiger partial charge in [-0.25, -0.2) is 15.1 Å². The van der Waals surface area contributed by atoms with Crippen LogP contribution in [0.4, 0.5) is 5.82 Å². The van der Waals surface area contributed by atoms with Gasteiger partial charge in [0.15, 0.2) is 0 Å². The first kappa shape index (κ1) is 15.2. The van der Waals surface area contributed by atoms with Crippen molar-refractivity contribution in [2.24, 2.45) is 11.1 Å². The second-order valence-corrected chi connectivity index (χ2v) is 7.04. The predicted octanol–water partition coefficient (Wildman–Crippen LogP) is 0.356. The van der Waals surface area contributed by atoms with Gasteiger partial charge in [-0.1, -0.05) is 0 Å². The van der Waals surface area contributed by atoms with E-state index in [0.29, 0.717) is 0 Å². The summed E-state index contributed by atoms with van der Waals surface area (Å²) in [6.45, 7) is 3.52. The maximum absolute atomic E-state index is 11.1. The van der Waals surface area contributed by atoms with Crippen LogP contribution in [0.1, 0.15) is 19.8 Å². The number of hydrogen-bond donors (Lipinski definition) is 3. The lowest BCUT2D eigenvalue weighted by atomic mass is 9.91. The minimum atomic E-state index is -3.65. The SMILES string of the molecule is CC(NS(N)(=O)=O)C1CCN(c2ncnc3[nH]ccc23)CC1. The fraction of sp³-hybridized carbons (Fsp3) is 0.538. The third kappa shape index (κ3) is 3.21. The van der Waals surface area contributed by atoms with Crippen molar-refractivity contribution in [1.82, 2.24) is 19.7 Å². The van der Waals surface area contributed by atoms with Crippen molar-refractivity contribution >= 4 is 27.1 Å². The maximum Gasteiger partial charge on any atom is 0.274 e. The summed E-state index contributed by atoms with van der Waals surface area (Å²) in [6, 6.07) is 1.82.